The van der Waals surface area contributed by atoms with Crippen LogP contribution in [-0.4, -0.2) is 28.6 Å². The van der Waals surface area contributed by atoms with Crippen LogP contribution in [0.15, 0.2) is 95.7 Å². The van der Waals surface area contributed by atoms with Crippen LogP contribution in [0.25, 0.3) is 28.1 Å². The number of thiophene rings is 1. The van der Waals surface area contributed by atoms with Gasteiger partial charge < -0.3 is 10.6 Å². The summed E-state index contributed by atoms with van der Waals surface area (Å²) in [6, 6.07) is 23.5. The maximum Gasteiger partial charge on any atom is 0.416 e. The third-order valence-electron chi connectivity index (χ3n) is 6.53. The lowest BCUT2D eigenvalue weighted by atomic mass is 10.0. The SMILES string of the molecule is CNC(=O)CCc1cc(-c2ccc(-c3ccc(C(F)(F)F)cc3)cc2)n(-c2ccc(NC(=O)c3ccsc3)cc2)n1. The first-order valence-electron chi connectivity index (χ1n) is 12.7. The molecule has 0 aliphatic carbocycles. The van der Waals surface area contributed by atoms with Crippen LogP contribution in [0.1, 0.15) is 28.0 Å². The van der Waals surface area contributed by atoms with Gasteiger partial charge in [0, 0.05) is 36.5 Å². The molecule has 2 N–H and O–H groups in total. The zero-order chi connectivity index (χ0) is 29.0. The molecular formula is C31H25F3N4O2S. The topological polar surface area (TPSA) is 76.0 Å². The second-order valence-electron chi connectivity index (χ2n) is 9.27. The molecule has 0 aliphatic rings. The first-order valence-corrected chi connectivity index (χ1v) is 13.7. The molecule has 5 rings (SSSR count). The number of halogens is 3. The van der Waals surface area contributed by atoms with Gasteiger partial charge in [0.05, 0.1) is 28.2 Å². The van der Waals surface area contributed by atoms with Crippen molar-refractivity contribution in [2.24, 2.45) is 0 Å². The van der Waals surface area contributed by atoms with Crippen LogP contribution in [-0.2, 0) is 17.4 Å². The molecule has 3 aromatic carbocycles. The Morgan fingerprint density at radius 2 is 1.51 bits per heavy atom. The van der Waals surface area contributed by atoms with E-state index in [4.69, 9.17) is 5.10 Å². The molecule has 0 aliphatic heterocycles. The van der Waals surface area contributed by atoms with Crippen LogP contribution in [0.4, 0.5) is 18.9 Å². The molecule has 0 saturated heterocycles. The van der Waals surface area contributed by atoms with Crippen molar-refractivity contribution in [3.05, 3.63) is 113 Å². The minimum absolute atomic E-state index is 0.0901. The van der Waals surface area contributed by atoms with Crippen molar-refractivity contribution in [2.45, 2.75) is 19.0 Å². The van der Waals surface area contributed by atoms with Gasteiger partial charge in [-0.05, 0) is 65.0 Å². The van der Waals surface area contributed by atoms with E-state index in [-0.39, 0.29) is 18.2 Å². The molecule has 0 atom stereocenters. The number of nitrogens with one attached hydrogen (secondary N) is 2. The zero-order valence-electron chi connectivity index (χ0n) is 21.9. The van der Waals surface area contributed by atoms with E-state index in [1.165, 1.54) is 23.5 Å². The van der Waals surface area contributed by atoms with E-state index >= 15 is 0 Å². The van der Waals surface area contributed by atoms with Crippen molar-refractivity contribution in [3.63, 3.8) is 0 Å². The summed E-state index contributed by atoms with van der Waals surface area (Å²) in [6.45, 7) is 0. The molecule has 6 nitrogen and oxygen atoms in total. The summed E-state index contributed by atoms with van der Waals surface area (Å²) >= 11 is 1.45. The van der Waals surface area contributed by atoms with Gasteiger partial charge in [-0.1, -0.05) is 36.4 Å². The molecule has 0 bridgehead atoms. The Hall–Kier alpha value is -4.70. The average Bonchev–Trinajstić information content (AvgIpc) is 3.67. The Morgan fingerprint density at radius 1 is 0.878 bits per heavy atom. The molecule has 2 aromatic heterocycles. The quantitative estimate of drug-likeness (QED) is 0.206. The van der Waals surface area contributed by atoms with E-state index in [9.17, 15) is 22.8 Å². The lowest BCUT2D eigenvalue weighted by molar-refractivity contribution is -0.137. The summed E-state index contributed by atoms with van der Waals surface area (Å²) in [5, 5.41) is 13.9. The Bertz CT molecular complexity index is 1640. The van der Waals surface area contributed by atoms with Gasteiger partial charge in [0.15, 0.2) is 0 Å². The number of anilines is 1. The maximum absolute atomic E-state index is 12.9. The number of rotatable bonds is 8. The molecule has 0 fully saturated rings. The highest BCUT2D eigenvalue weighted by Crippen LogP contribution is 2.32. The summed E-state index contributed by atoms with van der Waals surface area (Å²) in [6.07, 6.45) is -3.66. The van der Waals surface area contributed by atoms with Crippen molar-refractivity contribution < 1.29 is 22.8 Å². The second kappa shape index (κ2) is 11.8. The number of benzene rings is 3. The number of amides is 2. The standard InChI is InChI=1S/C31H25F3N4O2S/c1-35-29(39)15-12-26-18-28(22-4-2-20(3-5-22)21-6-8-24(9-7-21)31(32,33)34)38(37-26)27-13-10-25(11-14-27)36-30(40)23-16-17-41-19-23/h2-11,13-14,16-19H,12,15H2,1H3,(H,35,39)(H,36,40). The first-order chi connectivity index (χ1) is 19.7. The van der Waals surface area contributed by atoms with Crippen LogP contribution < -0.4 is 10.6 Å². The Balaban J connectivity index is 1.42. The number of nitrogens with zero attached hydrogens (tertiary/aromatic N) is 2. The lowest BCUT2D eigenvalue weighted by Crippen LogP contribution is -2.18. The summed E-state index contributed by atoms with van der Waals surface area (Å²) in [7, 11) is 1.59. The van der Waals surface area contributed by atoms with Gasteiger partial charge >= 0.3 is 6.18 Å². The van der Waals surface area contributed by atoms with Gasteiger partial charge in [-0.15, -0.1) is 0 Å². The predicted octanol–water partition coefficient (Wildman–Crippen LogP) is 7.22. The van der Waals surface area contributed by atoms with E-state index in [2.05, 4.69) is 10.6 Å². The number of aromatic nitrogens is 2. The molecular weight excluding hydrogens is 549 g/mol. The Labute approximate surface area is 238 Å². The van der Waals surface area contributed by atoms with Crippen molar-refractivity contribution in [2.75, 3.05) is 12.4 Å². The maximum atomic E-state index is 12.9. The van der Waals surface area contributed by atoms with Crippen molar-refractivity contribution in [3.8, 4) is 28.1 Å². The van der Waals surface area contributed by atoms with Crippen LogP contribution >= 0.6 is 11.3 Å². The number of hydrogen-bond acceptors (Lipinski definition) is 4. The van der Waals surface area contributed by atoms with E-state index in [1.54, 1.807) is 35.3 Å². The fourth-order valence-electron chi connectivity index (χ4n) is 4.29. The highest BCUT2D eigenvalue weighted by Gasteiger charge is 2.30. The van der Waals surface area contributed by atoms with Crippen molar-refractivity contribution in [1.29, 1.82) is 0 Å². The molecule has 0 unspecified atom stereocenters. The number of carbonyl (C=O) groups is 2. The van der Waals surface area contributed by atoms with Gasteiger partial charge in [-0.3, -0.25) is 9.59 Å². The van der Waals surface area contributed by atoms with Gasteiger partial charge in [0.25, 0.3) is 5.91 Å². The molecule has 41 heavy (non-hydrogen) atoms. The summed E-state index contributed by atoms with van der Waals surface area (Å²) in [5.41, 5.74) is 5.09. The molecule has 5 aromatic rings. The third kappa shape index (κ3) is 6.55. The minimum Gasteiger partial charge on any atom is -0.359 e. The molecule has 10 heteroatoms. The Morgan fingerprint density at radius 3 is 2.10 bits per heavy atom. The largest absolute Gasteiger partial charge is 0.416 e. The van der Waals surface area contributed by atoms with Crippen molar-refractivity contribution >= 4 is 28.8 Å². The molecule has 0 radical (unpaired) electrons. The third-order valence-corrected chi connectivity index (χ3v) is 7.21. The van der Waals surface area contributed by atoms with E-state index in [1.807, 2.05) is 47.8 Å². The van der Waals surface area contributed by atoms with Crippen molar-refractivity contribution in [1.82, 2.24) is 15.1 Å². The van der Waals surface area contributed by atoms with Crippen LogP contribution in [0, 0.1) is 0 Å². The number of aryl methyl sites for hydroxylation is 1. The van der Waals surface area contributed by atoms with E-state index in [0.29, 0.717) is 23.2 Å². The van der Waals surface area contributed by atoms with Crippen LogP contribution in [0.3, 0.4) is 0 Å². The fraction of sp³-hybridized carbons (Fsp3) is 0.129. The van der Waals surface area contributed by atoms with Crippen LogP contribution in [0.5, 0.6) is 0 Å². The van der Waals surface area contributed by atoms with E-state index in [0.717, 1.165) is 40.3 Å². The first kappa shape index (κ1) is 27.9. The lowest BCUT2D eigenvalue weighted by Gasteiger charge is -2.11. The molecule has 208 valence electrons. The number of hydrogen-bond donors (Lipinski definition) is 2. The fourth-order valence-corrected chi connectivity index (χ4v) is 4.93. The smallest absolute Gasteiger partial charge is 0.359 e. The van der Waals surface area contributed by atoms with Gasteiger partial charge in [-0.2, -0.15) is 29.6 Å². The Kier molecular flexibility index (Phi) is 8.02. The molecule has 0 saturated carbocycles. The number of carbonyl (C=O) groups excluding carboxylic acids is 2. The van der Waals surface area contributed by atoms with Gasteiger partial charge in [0.2, 0.25) is 5.91 Å². The predicted molar refractivity (Wildman–Crippen MR) is 154 cm³/mol. The molecule has 2 amide bonds. The summed E-state index contributed by atoms with van der Waals surface area (Å²) in [5.74, 6) is -0.281. The van der Waals surface area contributed by atoms with Gasteiger partial charge in [0.1, 0.15) is 0 Å². The molecule has 0 spiro atoms. The average molecular weight is 575 g/mol. The second-order valence-corrected chi connectivity index (χ2v) is 10.1. The molecule has 2 heterocycles. The highest BCUT2D eigenvalue weighted by atomic mass is 32.1. The monoisotopic (exact) mass is 574 g/mol. The minimum atomic E-state index is -4.38. The number of alkyl halides is 3. The van der Waals surface area contributed by atoms with Crippen LogP contribution in [0.2, 0.25) is 0 Å². The van der Waals surface area contributed by atoms with E-state index < -0.39 is 11.7 Å². The summed E-state index contributed by atoms with van der Waals surface area (Å²) in [4.78, 5) is 24.2. The van der Waals surface area contributed by atoms with Gasteiger partial charge in [-0.25, -0.2) is 4.68 Å². The summed E-state index contributed by atoms with van der Waals surface area (Å²) < 4.78 is 40.6. The highest BCUT2D eigenvalue weighted by molar-refractivity contribution is 7.08. The zero-order valence-corrected chi connectivity index (χ0v) is 22.7. The normalized spacial score (nSPS) is 11.3.